The summed E-state index contributed by atoms with van der Waals surface area (Å²) in [5, 5.41) is 15.1. The molecule has 2 rings (SSSR count). The van der Waals surface area contributed by atoms with E-state index in [1.165, 1.54) is 18.2 Å². The van der Waals surface area contributed by atoms with Crippen LogP contribution in [0.1, 0.15) is 18.1 Å². The minimum Gasteiger partial charge on any atom is -0.383 e. The molecule has 0 bridgehead atoms. The third-order valence-corrected chi connectivity index (χ3v) is 4.58. The summed E-state index contributed by atoms with van der Waals surface area (Å²) in [4.78, 5) is 20.7. The number of guanidine groups is 1. The quantitative estimate of drug-likeness (QED) is 0.226. The average molecular weight is 532 g/mol. The maximum Gasteiger partial charge on any atom is 0.234 e. The fraction of sp³-hybridized carbons (Fsp3) is 0.550. The molecule has 0 atom stereocenters. The van der Waals surface area contributed by atoms with Crippen molar-refractivity contribution in [3.05, 3.63) is 35.1 Å². The van der Waals surface area contributed by atoms with Crippen molar-refractivity contribution in [3.8, 4) is 6.07 Å². The van der Waals surface area contributed by atoms with Gasteiger partial charge < -0.3 is 20.3 Å². The fourth-order valence-corrected chi connectivity index (χ4v) is 3.02. The summed E-state index contributed by atoms with van der Waals surface area (Å²) in [5.74, 6) is 0.329. The summed E-state index contributed by atoms with van der Waals surface area (Å²) in [6, 6.07) is 6.31. The highest BCUT2D eigenvalue weighted by Gasteiger charge is 2.21. The summed E-state index contributed by atoms with van der Waals surface area (Å²) in [6.45, 7) is 7.12. The van der Waals surface area contributed by atoms with Crippen molar-refractivity contribution in [1.29, 1.82) is 5.26 Å². The second kappa shape index (κ2) is 14.1. The van der Waals surface area contributed by atoms with Crippen molar-refractivity contribution >= 4 is 35.8 Å². The molecule has 0 spiro atoms. The van der Waals surface area contributed by atoms with Gasteiger partial charge in [0.15, 0.2) is 5.96 Å². The molecular formula is C20H30FIN6O2. The molecule has 1 saturated heterocycles. The zero-order chi connectivity index (χ0) is 21.1. The molecule has 1 aromatic carbocycles. The zero-order valence-electron chi connectivity index (χ0n) is 17.5. The highest BCUT2D eigenvalue weighted by atomic mass is 127. The van der Waals surface area contributed by atoms with E-state index in [2.05, 4.69) is 25.4 Å². The Labute approximate surface area is 194 Å². The van der Waals surface area contributed by atoms with E-state index in [1.54, 1.807) is 7.11 Å². The van der Waals surface area contributed by atoms with Crippen LogP contribution in [0.15, 0.2) is 23.2 Å². The summed E-state index contributed by atoms with van der Waals surface area (Å²) in [6.07, 6.45) is 0. The van der Waals surface area contributed by atoms with Crippen molar-refractivity contribution in [1.82, 2.24) is 20.4 Å². The molecular weight excluding hydrogens is 502 g/mol. The van der Waals surface area contributed by atoms with Gasteiger partial charge in [-0.3, -0.25) is 9.69 Å². The van der Waals surface area contributed by atoms with Crippen molar-refractivity contribution in [2.45, 2.75) is 13.5 Å². The number of hydrogen-bond donors (Lipinski definition) is 2. The van der Waals surface area contributed by atoms with Crippen LogP contribution in [0.5, 0.6) is 0 Å². The van der Waals surface area contributed by atoms with E-state index in [4.69, 9.17) is 10.00 Å². The number of hydrogen-bond acceptors (Lipinski definition) is 5. The second-order valence-electron chi connectivity index (χ2n) is 6.69. The van der Waals surface area contributed by atoms with Gasteiger partial charge in [0.05, 0.1) is 31.3 Å². The zero-order valence-corrected chi connectivity index (χ0v) is 19.8. The molecule has 30 heavy (non-hydrogen) atoms. The Morgan fingerprint density at radius 1 is 1.30 bits per heavy atom. The van der Waals surface area contributed by atoms with E-state index in [9.17, 15) is 9.18 Å². The molecule has 10 heteroatoms. The Morgan fingerprint density at radius 2 is 2.03 bits per heavy atom. The molecule has 1 amide bonds. The predicted molar refractivity (Wildman–Crippen MR) is 124 cm³/mol. The SMILES string of the molecule is CCNC(=NCc1cc(C#N)ccc1F)N1CCN(CC(=O)NCCOC)CC1.I. The van der Waals surface area contributed by atoms with E-state index in [0.717, 1.165) is 26.2 Å². The molecule has 0 unspecified atom stereocenters. The fourth-order valence-electron chi connectivity index (χ4n) is 3.02. The average Bonchev–Trinajstić information content (AvgIpc) is 2.73. The molecule has 1 heterocycles. The van der Waals surface area contributed by atoms with Gasteiger partial charge in [-0.15, -0.1) is 24.0 Å². The molecule has 1 aliphatic heterocycles. The number of benzene rings is 1. The van der Waals surface area contributed by atoms with Crippen LogP contribution in [0.2, 0.25) is 0 Å². The molecule has 1 aromatic rings. The Morgan fingerprint density at radius 3 is 2.67 bits per heavy atom. The topological polar surface area (TPSA) is 93.0 Å². The maximum atomic E-state index is 14.0. The van der Waals surface area contributed by atoms with Crippen molar-refractivity contribution in [2.75, 3.05) is 59.5 Å². The van der Waals surface area contributed by atoms with Gasteiger partial charge in [0.25, 0.3) is 0 Å². The van der Waals surface area contributed by atoms with Gasteiger partial charge >= 0.3 is 0 Å². The lowest BCUT2D eigenvalue weighted by Crippen LogP contribution is -2.54. The Balaban J connectivity index is 0.00000450. The number of halogens is 2. The first-order valence-corrected chi connectivity index (χ1v) is 9.77. The summed E-state index contributed by atoms with van der Waals surface area (Å²) >= 11 is 0. The number of nitrogens with zero attached hydrogens (tertiary/aromatic N) is 4. The number of nitrogens with one attached hydrogen (secondary N) is 2. The van der Waals surface area contributed by atoms with E-state index >= 15 is 0 Å². The van der Waals surface area contributed by atoms with Gasteiger partial charge in [0.1, 0.15) is 5.82 Å². The molecule has 8 nitrogen and oxygen atoms in total. The third kappa shape index (κ3) is 8.41. The third-order valence-electron chi connectivity index (χ3n) is 4.58. The first kappa shape index (κ1) is 26.1. The van der Waals surface area contributed by atoms with Crippen LogP contribution in [-0.4, -0.2) is 81.2 Å². The van der Waals surface area contributed by atoms with Gasteiger partial charge in [-0.05, 0) is 25.1 Å². The van der Waals surface area contributed by atoms with E-state index in [1.807, 2.05) is 13.0 Å². The first-order valence-electron chi connectivity index (χ1n) is 9.77. The van der Waals surface area contributed by atoms with Crippen LogP contribution in [0.4, 0.5) is 4.39 Å². The predicted octanol–water partition coefficient (Wildman–Crippen LogP) is 1.16. The molecule has 2 N–H and O–H groups in total. The van der Waals surface area contributed by atoms with Crippen LogP contribution in [0, 0.1) is 17.1 Å². The summed E-state index contributed by atoms with van der Waals surface area (Å²) < 4.78 is 18.9. The van der Waals surface area contributed by atoms with Gasteiger partial charge in [-0.25, -0.2) is 9.38 Å². The number of piperazine rings is 1. The number of carbonyl (C=O) groups excluding carboxylic acids is 1. The smallest absolute Gasteiger partial charge is 0.234 e. The second-order valence-corrected chi connectivity index (χ2v) is 6.69. The van der Waals surface area contributed by atoms with Crippen LogP contribution in [0.3, 0.4) is 0 Å². The molecule has 0 aromatic heterocycles. The first-order chi connectivity index (χ1) is 14.1. The van der Waals surface area contributed by atoms with Gasteiger partial charge in [0, 0.05) is 51.9 Å². The van der Waals surface area contributed by atoms with Gasteiger partial charge in [0.2, 0.25) is 5.91 Å². The number of methoxy groups -OCH3 is 1. The normalized spacial score (nSPS) is 14.6. The molecule has 166 valence electrons. The number of ether oxygens (including phenoxy) is 1. The highest BCUT2D eigenvalue weighted by molar-refractivity contribution is 14.0. The molecule has 1 fully saturated rings. The number of amides is 1. The van der Waals surface area contributed by atoms with Crippen LogP contribution in [0.25, 0.3) is 0 Å². The monoisotopic (exact) mass is 532 g/mol. The van der Waals surface area contributed by atoms with Crippen molar-refractivity contribution in [2.24, 2.45) is 4.99 Å². The molecule has 0 aliphatic carbocycles. The standard InChI is InChI=1S/C20H29FN6O2.HI/c1-3-23-20(25-14-17-12-16(13-22)4-5-18(17)21)27-9-7-26(8-10-27)15-19(28)24-6-11-29-2;/h4-5,12H,3,6-11,14-15H2,1-2H3,(H,23,25)(H,24,28);1H. The maximum absolute atomic E-state index is 14.0. The Bertz CT molecular complexity index is 747. The van der Waals surface area contributed by atoms with Crippen molar-refractivity contribution in [3.63, 3.8) is 0 Å². The van der Waals surface area contributed by atoms with E-state index in [0.29, 0.717) is 43.3 Å². The lowest BCUT2D eigenvalue weighted by Gasteiger charge is -2.36. The van der Waals surface area contributed by atoms with E-state index in [-0.39, 0.29) is 42.2 Å². The molecule has 1 aliphatic rings. The lowest BCUT2D eigenvalue weighted by molar-refractivity contribution is -0.122. The summed E-state index contributed by atoms with van der Waals surface area (Å²) in [7, 11) is 1.60. The van der Waals surface area contributed by atoms with E-state index < -0.39 is 0 Å². The summed E-state index contributed by atoms with van der Waals surface area (Å²) in [5.41, 5.74) is 0.810. The minimum atomic E-state index is -0.368. The number of nitriles is 1. The number of aliphatic imine (C=N–C) groups is 1. The minimum absolute atomic E-state index is 0. The van der Waals surface area contributed by atoms with Crippen molar-refractivity contribution < 1.29 is 13.9 Å². The Hall–Kier alpha value is -1.97. The van der Waals surface area contributed by atoms with Crippen LogP contribution < -0.4 is 10.6 Å². The Kier molecular flexibility index (Phi) is 12.3. The van der Waals surface area contributed by atoms with Gasteiger partial charge in [-0.2, -0.15) is 5.26 Å². The highest BCUT2D eigenvalue weighted by Crippen LogP contribution is 2.12. The molecule has 0 radical (unpaired) electrons. The van der Waals surface area contributed by atoms with Gasteiger partial charge in [-0.1, -0.05) is 0 Å². The van der Waals surface area contributed by atoms with Crippen LogP contribution >= 0.6 is 24.0 Å². The number of carbonyl (C=O) groups is 1. The van der Waals surface area contributed by atoms with Crippen LogP contribution in [-0.2, 0) is 16.1 Å². The largest absolute Gasteiger partial charge is 0.383 e. The molecule has 0 saturated carbocycles. The number of rotatable bonds is 8. The lowest BCUT2D eigenvalue weighted by atomic mass is 10.1.